The lowest BCUT2D eigenvalue weighted by molar-refractivity contribution is 1.00. The second kappa shape index (κ2) is 6.43. The van der Waals surface area contributed by atoms with Crippen LogP contribution >= 0.6 is 0 Å². The third-order valence-electron chi connectivity index (χ3n) is 3.97. The van der Waals surface area contributed by atoms with Crippen LogP contribution in [0.2, 0.25) is 0 Å². The summed E-state index contributed by atoms with van der Waals surface area (Å²) in [7, 11) is 0. The first-order valence-electron chi connectivity index (χ1n) is 7.57. The fourth-order valence-electron chi connectivity index (χ4n) is 2.66. The van der Waals surface area contributed by atoms with Crippen LogP contribution < -0.4 is 0 Å². The van der Waals surface area contributed by atoms with Crippen molar-refractivity contribution in [3.63, 3.8) is 0 Å². The fraction of sp³-hybridized carbons (Fsp3) is 0.190. The maximum atomic E-state index is 3.80. The largest absolute Gasteiger partial charge is 0.120 e. The van der Waals surface area contributed by atoms with E-state index in [2.05, 4.69) is 73.0 Å². The van der Waals surface area contributed by atoms with Gasteiger partial charge in [0.15, 0.2) is 0 Å². The Labute approximate surface area is 127 Å². The van der Waals surface area contributed by atoms with Crippen LogP contribution in [0, 0.1) is 0 Å². The van der Waals surface area contributed by atoms with Crippen molar-refractivity contribution in [2.45, 2.75) is 25.2 Å². The molecule has 1 saturated carbocycles. The lowest BCUT2D eigenvalue weighted by Crippen LogP contribution is -1.87. The second-order valence-corrected chi connectivity index (χ2v) is 5.51. The van der Waals surface area contributed by atoms with Crippen LogP contribution in [0.5, 0.6) is 0 Å². The van der Waals surface area contributed by atoms with E-state index in [-0.39, 0.29) is 0 Å². The molecule has 0 amide bonds. The summed E-state index contributed by atoms with van der Waals surface area (Å²) in [6.45, 7) is 3.80. The summed E-state index contributed by atoms with van der Waals surface area (Å²) >= 11 is 0. The van der Waals surface area contributed by atoms with Gasteiger partial charge in [0.25, 0.3) is 0 Å². The molecule has 0 radical (unpaired) electrons. The molecule has 0 nitrogen and oxygen atoms in total. The van der Waals surface area contributed by atoms with Gasteiger partial charge < -0.3 is 0 Å². The van der Waals surface area contributed by atoms with Gasteiger partial charge in [0.2, 0.25) is 0 Å². The molecular formula is C21H20. The van der Waals surface area contributed by atoms with Crippen molar-refractivity contribution in [3.8, 4) is 0 Å². The summed E-state index contributed by atoms with van der Waals surface area (Å²) in [5, 5.41) is 0. The Morgan fingerprint density at radius 2 is 1.81 bits per heavy atom. The van der Waals surface area contributed by atoms with Gasteiger partial charge in [-0.3, -0.25) is 0 Å². The first-order chi connectivity index (χ1) is 10.4. The van der Waals surface area contributed by atoms with Crippen molar-refractivity contribution in [3.05, 3.63) is 95.2 Å². The molecule has 3 rings (SSSR count). The zero-order valence-corrected chi connectivity index (χ0v) is 12.3. The molecule has 2 aromatic rings. The minimum atomic E-state index is 0.586. The van der Waals surface area contributed by atoms with Gasteiger partial charge in [-0.1, -0.05) is 60.7 Å². The van der Waals surface area contributed by atoms with Gasteiger partial charge in [-0.2, -0.15) is 0 Å². The maximum absolute atomic E-state index is 3.80. The monoisotopic (exact) mass is 272 g/mol. The average molecular weight is 272 g/mol. The van der Waals surface area contributed by atoms with E-state index in [1.165, 1.54) is 22.3 Å². The van der Waals surface area contributed by atoms with Gasteiger partial charge in [0.1, 0.15) is 0 Å². The van der Waals surface area contributed by atoms with E-state index in [0.29, 0.717) is 5.92 Å². The van der Waals surface area contributed by atoms with Crippen molar-refractivity contribution in [1.29, 1.82) is 0 Å². The third kappa shape index (κ3) is 3.42. The summed E-state index contributed by atoms with van der Waals surface area (Å²) < 4.78 is 0. The van der Waals surface area contributed by atoms with Crippen LogP contribution in [0.4, 0.5) is 0 Å². The summed E-state index contributed by atoms with van der Waals surface area (Å²) in [4.78, 5) is 0. The quantitative estimate of drug-likeness (QED) is 0.496. The summed E-state index contributed by atoms with van der Waals surface area (Å²) in [6, 6.07) is 19.3. The molecule has 21 heavy (non-hydrogen) atoms. The minimum absolute atomic E-state index is 0.586. The van der Waals surface area contributed by atoms with Gasteiger partial charge in [0, 0.05) is 5.92 Å². The van der Waals surface area contributed by atoms with Crippen LogP contribution in [0.3, 0.4) is 0 Å². The first kappa shape index (κ1) is 13.7. The van der Waals surface area contributed by atoms with Gasteiger partial charge in [-0.25, -0.2) is 0 Å². The molecule has 0 aromatic heterocycles. The molecule has 1 aliphatic rings. The topological polar surface area (TPSA) is 0 Å². The minimum Gasteiger partial charge on any atom is -0.120 e. The molecule has 0 heteroatoms. The average Bonchev–Trinajstić information content (AvgIpc) is 3.32. The zero-order chi connectivity index (χ0) is 14.5. The zero-order valence-electron chi connectivity index (χ0n) is 12.3. The highest BCUT2D eigenvalue weighted by molar-refractivity contribution is 5.56. The highest BCUT2D eigenvalue weighted by Crippen LogP contribution is 2.46. The Hall–Kier alpha value is -2.30. The lowest BCUT2D eigenvalue weighted by atomic mass is 10.0. The number of rotatable bonds is 5. The highest BCUT2D eigenvalue weighted by atomic mass is 14.3. The van der Waals surface area contributed by atoms with E-state index >= 15 is 0 Å². The normalized spacial score (nSPS) is 16.2. The standard InChI is InChI=1S/C21H20/c1-2-3-9-17-10-7-8-11-18(17)14-15-20-16-21(20)19-12-5-4-6-13-19/h2,4-8,10-14,21H,1,3,9,16H2. The number of benzene rings is 2. The van der Waals surface area contributed by atoms with E-state index in [1.807, 2.05) is 6.08 Å². The summed E-state index contributed by atoms with van der Waals surface area (Å²) in [6.07, 6.45) is 7.35. The summed E-state index contributed by atoms with van der Waals surface area (Å²) in [5.74, 6) is 0.586. The Morgan fingerprint density at radius 1 is 1.05 bits per heavy atom. The predicted molar refractivity (Wildman–Crippen MR) is 90.3 cm³/mol. The van der Waals surface area contributed by atoms with E-state index in [1.54, 1.807) is 0 Å². The first-order valence-corrected chi connectivity index (χ1v) is 7.57. The molecule has 1 aliphatic carbocycles. The molecule has 0 spiro atoms. The number of hydrogen-bond acceptors (Lipinski definition) is 0. The van der Waals surface area contributed by atoms with Crippen LogP contribution in [-0.2, 0) is 6.42 Å². The van der Waals surface area contributed by atoms with Gasteiger partial charge in [-0.15, -0.1) is 12.3 Å². The molecular weight excluding hydrogens is 252 g/mol. The van der Waals surface area contributed by atoms with Crippen molar-refractivity contribution in [2.75, 3.05) is 0 Å². The van der Waals surface area contributed by atoms with Crippen molar-refractivity contribution in [2.24, 2.45) is 0 Å². The van der Waals surface area contributed by atoms with Crippen LogP contribution in [0.1, 0.15) is 35.4 Å². The highest BCUT2D eigenvalue weighted by Gasteiger charge is 2.30. The number of allylic oxidation sites excluding steroid dienone is 2. The maximum Gasteiger partial charge on any atom is 0.0168 e. The van der Waals surface area contributed by atoms with Crippen LogP contribution in [0.15, 0.2) is 78.6 Å². The predicted octanol–water partition coefficient (Wildman–Crippen LogP) is 5.53. The van der Waals surface area contributed by atoms with E-state index < -0.39 is 0 Å². The van der Waals surface area contributed by atoms with Crippen molar-refractivity contribution >= 4 is 6.08 Å². The second-order valence-electron chi connectivity index (χ2n) is 5.51. The molecule has 1 fully saturated rings. The van der Waals surface area contributed by atoms with Crippen LogP contribution in [0.25, 0.3) is 6.08 Å². The Morgan fingerprint density at radius 3 is 2.62 bits per heavy atom. The Kier molecular flexibility index (Phi) is 4.19. The molecule has 0 saturated heterocycles. The third-order valence-corrected chi connectivity index (χ3v) is 3.97. The Balaban J connectivity index is 1.78. The van der Waals surface area contributed by atoms with E-state index in [9.17, 15) is 0 Å². The Bertz CT molecular complexity index is 685. The smallest absolute Gasteiger partial charge is 0.0168 e. The molecule has 2 aromatic carbocycles. The number of aryl methyl sites for hydroxylation is 1. The summed E-state index contributed by atoms with van der Waals surface area (Å²) in [5.41, 5.74) is 8.99. The molecule has 0 heterocycles. The molecule has 1 unspecified atom stereocenters. The molecule has 0 N–H and O–H groups in total. The SMILES string of the molecule is C=CCCc1ccccc1C=C=C1CC1c1ccccc1. The van der Waals surface area contributed by atoms with Crippen LogP contribution in [-0.4, -0.2) is 0 Å². The van der Waals surface area contributed by atoms with Crippen molar-refractivity contribution in [1.82, 2.24) is 0 Å². The van der Waals surface area contributed by atoms with E-state index in [0.717, 1.165) is 19.3 Å². The van der Waals surface area contributed by atoms with Gasteiger partial charge in [0.05, 0.1) is 0 Å². The lowest BCUT2D eigenvalue weighted by Gasteiger charge is -2.02. The molecule has 1 atom stereocenters. The molecule has 0 bridgehead atoms. The number of hydrogen-bond donors (Lipinski definition) is 0. The molecule has 104 valence electrons. The molecule has 0 aliphatic heterocycles. The van der Waals surface area contributed by atoms with E-state index in [4.69, 9.17) is 0 Å². The van der Waals surface area contributed by atoms with Crippen molar-refractivity contribution < 1.29 is 0 Å². The van der Waals surface area contributed by atoms with Gasteiger partial charge >= 0.3 is 0 Å². The fourth-order valence-corrected chi connectivity index (χ4v) is 2.66. The van der Waals surface area contributed by atoms with Gasteiger partial charge in [-0.05, 0) is 47.6 Å².